The van der Waals surface area contributed by atoms with Crippen molar-refractivity contribution in [1.82, 2.24) is 9.71 Å². The Hall–Kier alpha value is -2.13. The van der Waals surface area contributed by atoms with Crippen molar-refractivity contribution >= 4 is 15.8 Å². The molecule has 9 heteroatoms. The fourth-order valence-electron chi connectivity index (χ4n) is 3.04. The zero-order chi connectivity index (χ0) is 19.7. The number of alkyl halides is 3. The van der Waals surface area contributed by atoms with Gasteiger partial charge >= 0.3 is 6.18 Å². The summed E-state index contributed by atoms with van der Waals surface area (Å²) in [7, 11) is -3.86. The maximum atomic E-state index is 12.6. The van der Waals surface area contributed by atoms with E-state index in [1.54, 1.807) is 0 Å². The van der Waals surface area contributed by atoms with Crippen LogP contribution in [0.4, 0.5) is 19.0 Å². The monoisotopic (exact) mass is 399 g/mol. The van der Waals surface area contributed by atoms with Crippen LogP contribution in [0.2, 0.25) is 0 Å². The number of rotatable bonds is 4. The minimum Gasteiger partial charge on any atom is -0.356 e. The minimum absolute atomic E-state index is 0.168. The highest BCUT2D eigenvalue weighted by molar-refractivity contribution is 7.89. The first kappa shape index (κ1) is 19.6. The lowest BCUT2D eigenvalue weighted by atomic mass is 10.1. The zero-order valence-electron chi connectivity index (χ0n) is 14.7. The van der Waals surface area contributed by atoms with Gasteiger partial charge < -0.3 is 4.90 Å². The third kappa shape index (κ3) is 4.78. The van der Waals surface area contributed by atoms with Gasteiger partial charge in [-0.05, 0) is 56.2 Å². The van der Waals surface area contributed by atoms with E-state index in [-0.39, 0.29) is 10.9 Å². The van der Waals surface area contributed by atoms with Gasteiger partial charge in [-0.15, -0.1) is 0 Å². The quantitative estimate of drug-likeness (QED) is 0.857. The lowest BCUT2D eigenvalue weighted by Gasteiger charge is -2.33. The molecule has 3 rings (SSSR count). The van der Waals surface area contributed by atoms with Crippen LogP contribution in [0.3, 0.4) is 0 Å². The van der Waals surface area contributed by atoms with Crippen LogP contribution in [-0.4, -0.2) is 32.5 Å². The molecule has 0 spiro atoms. The normalized spacial score (nSPS) is 16.5. The molecule has 1 aliphatic rings. The molecule has 0 amide bonds. The second-order valence-corrected chi connectivity index (χ2v) is 8.26. The summed E-state index contributed by atoms with van der Waals surface area (Å²) in [5, 5.41) is 0. The molecule has 2 aromatic rings. The maximum Gasteiger partial charge on any atom is 0.416 e. The van der Waals surface area contributed by atoms with Gasteiger partial charge in [0.25, 0.3) is 0 Å². The van der Waals surface area contributed by atoms with Crippen LogP contribution in [0.5, 0.6) is 0 Å². The number of anilines is 1. The number of aryl methyl sites for hydroxylation is 1. The summed E-state index contributed by atoms with van der Waals surface area (Å²) in [6, 6.07) is 9.01. The average molecular weight is 399 g/mol. The van der Waals surface area contributed by atoms with Gasteiger partial charge in [0.1, 0.15) is 5.82 Å². The molecule has 1 fully saturated rings. The van der Waals surface area contributed by atoms with Gasteiger partial charge in [-0.3, -0.25) is 0 Å². The second kappa shape index (κ2) is 7.47. The Labute approximate surface area is 156 Å². The average Bonchev–Trinajstić information content (AvgIpc) is 2.61. The lowest BCUT2D eigenvalue weighted by molar-refractivity contribution is -0.137. The molecule has 1 aliphatic heterocycles. The summed E-state index contributed by atoms with van der Waals surface area (Å²) >= 11 is 0. The van der Waals surface area contributed by atoms with Gasteiger partial charge in [-0.2, -0.15) is 13.2 Å². The van der Waals surface area contributed by atoms with E-state index in [0.717, 1.165) is 35.8 Å². The first-order valence-electron chi connectivity index (χ1n) is 8.53. The van der Waals surface area contributed by atoms with Gasteiger partial charge in [0.15, 0.2) is 0 Å². The van der Waals surface area contributed by atoms with Crippen LogP contribution < -0.4 is 9.62 Å². The van der Waals surface area contributed by atoms with E-state index < -0.39 is 21.8 Å². The highest BCUT2D eigenvalue weighted by Crippen LogP contribution is 2.30. The Kier molecular flexibility index (Phi) is 5.43. The van der Waals surface area contributed by atoms with E-state index in [4.69, 9.17) is 0 Å². The van der Waals surface area contributed by atoms with E-state index >= 15 is 0 Å². The molecular formula is C18H20F3N3O2S. The van der Waals surface area contributed by atoms with Crippen LogP contribution in [0.1, 0.15) is 24.1 Å². The van der Waals surface area contributed by atoms with E-state index in [2.05, 4.69) is 14.6 Å². The summed E-state index contributed by atoms with van der Waals surface area (Å²) in [4.78, 5) is 6.39. The molecule has 2 heterocycles. The Bertz CT molecular complexity index is 891. The number of halogens is 3. The summed E-state index contributed by atoms with van der Waals surface area (Å²) in [5.41, 5.74) is 0.0399. The predicted octanol–water partition coefficient (Wildman–Crippen LogP) is 3.36. The lowest BCUT2D eigenvalue weighted by Crippen LogP contribution is -2.44. The number of piperidine rings is 1. The largest absolute Gasteiger partial charge is 0.416 e. The van der Waals surface area contributed by atoms with Crippen molar-refractivity contribution in [2.75, 3.05) is 18.0 Å². The number of nitrogens with zero attached hydrogens (tertiary/aromatic N) is 2. The van der Waals surface area contributed by atoms with Crippen molar-refractivity contribution in [3.63, 3.8) is 0 Å². The number of benzene rings is 1. The molecule has 0 atom stereocenters. The molecule has 0 bridgehead atoms. The molecule has 146 valence electrons. The SMILES string of the molecule is Cc1cccc(N2CCC(NS(=O)(=O)c3ccc(C(F)(F)F)cc3)CC2)n1. The Morgan fingerprint density at radius 3 is 2.26 bits per heavy atom. The van der Waals surface area contributed by atoms with Crippen LogP contribution >= 0.6 is 0 Å². The Morgan fingerprint density at radius 1 is 1.07 bits per heavy atom. The van der Waals surface area contributed by atoms with Crippen molar-refractivity contribution in [2.24, 2.45) is 0 Å². The van der Waals surface area contributed by atoms with Crippen molar-refractivity contribution < 1.29 is 21.6 Å². The summed E-state index contributed by atoms with van der Waals surface area (Å²) in [6.07, 6.45) is -3.31. The maximum absolute atomic E-state index is 12.6. The van der Waals surface area contributed by atoms with Crippen molar-refractivity contribution in [3.8, 4) is 0 Å². The molecule has 1 N–H and O–H groups in total. The van der Waals surface area contributed by atoms with Crippen LogP contribution in [0.15, 0.2) is 47.4 Å². The van der Waals surface area contributed by atoms with Gasteiger partial charge in [-0.1, -0.05) is 6.07 Å². The second-order valence-electron chi connectivity index (χ2n) is 6.54. The molecule has 1 saturated heterocycles. The smallest absolute Gasteiger partial charge is 0.356 e. The fraction of sp³-hybridized carbons (Fsp3) is 0.389. The molecule has 0 aliphatic carbocycles. The molecule has 0 saturated carbocycles. The summed E-state index contributed by atoms with van der Waals surface area (Å²) in [5.74, 6) is 0.860. The molecular weight excluding hydrogens is 379 g/mol. The number of sulfonamides is 1. The number of aromatic nitrogens is 1. The molecule has 1 aromatic carbocycles. The van der Waals surface area contributed by atoms with Crippen LogP contribution in [0.25, 0.3) is 0 Å². The third-order valence-corrected chi connectivity index (χ3v) is 6.04. The topological polar surface area (TPSA) is 62.3 Å². The number of hydrogen-bond donors (Lipinski definition) is 1. The van der Waals surface area contributed by atoms with E-state index in [1.807, 2.05) is 25.1 Å². The molecule has 0 unspecified atom stereocenters. The van der Waals surface area contributed by atoms with E-state index in [1.165, 1.54) is 0 Å². The molecule has 27 heavy (non-hydrogen) atoms. The Morgan fingerprint density at radius 2 is 1.70 bits per heavy atom. The van der Waals surface area contributed by atoms with Crippen molar-refractivity contribution in [3.05, 3.63) is 53.7 Å². The van der Waals surface area contributed by atoms with Gasteiger partial charge in [0.2, 0.25) is 10.0 Å². The van der Waals surface area contributed by atoms with Crippen LogP contribution in [0, 0.1) is 6.92 Å². The third-order valence-electron chi connectivity index (χ3n) is 4.51. The number of nitrogens with one attached hydrogen (secondary N) is 1. The summed E-state index contributed by atoms with van der Waals surface area (Å²) in [6.45, 7) is 3.21. The molecule has 1 aromatic heterocycles. The van der Waals surface area contributed by atoms with Crippen molar-refractivity contribution in [2.45, 2.75) is 36.9 Å². The highest BCUT2D eigenvalue weighted by atomic mass is 32.2. The molecule has 5 nitrogen and oxygen atoms in total. The van der Waals surface area contributed by atoms with Crippen molar-refractivity contribution in [1.29, 1.82) is 0 Å². The van der Waals surface area contributed by atoms with E-state index in [0.29, 0.717) is 25.9 Å². The van der Waals surface area contributed by atoms with Gasteiger partial charge in [0, 0.05) is 24.8 Å². The minimum atomic E-state index is -4.49. The number of hydrogen-bond acceptors (Lipinski definition) is 4. The first-order valence-corrected chi connectivity index (χ1v) is 10.0. The highest BCUT2D eigenvalue weighted by Gasteiger charge is 2.31. The van der Waals surface area contributed by atoms with Crippen LogP contribution in [-0.2, 0) is 16.2 Å². The van der Waals surface area contributed by atoms with Gasteiger partial charge in [-0.25, -0.2) is 18.1 Å². The zero-order valence-corrected chi connectivity index (χ0v) is 15.5. The van der Waals surface area contributed by atoms with Gasteiger partial charge in [0.05, 0.1) is 10.5 Å². The predicted molar refractivity (Wildman–Crippen MR) is 96.0 cm³/mol. The Balaban J connectivity index is 1.62. The fourth-order valence-corrected chi connectivity index (χ4v) is 4.35. The first-order chi connectivity index (χ1) is 12.6. The summed E-state index contributed by atoms with van der Waals surface area (Å²) < 4.78 is 65.3. The standard InChI is InChI=1S/C18H20F3N3O2S/c1-13-3-2-4-17(22-13)24-11-9-15(10-12-24)23-27(25,26)16-7-5-14(6-8-16)18(19,20)21/h2-8,15,23H,9-12H2,1H3. The molecule has 0 radical (unpaired) electrons. The number of pyridine rings is 1. The van der Waals surface area contributed by atoms with E-state index in [9.17, 15) is 21.6 Å².